The van der Waals surface area contributed by atoms with Gasteiger partial charge in [0, 0.05) is 32.9 Å². The van der Waals surface area contributed by atoms with Gasteiger partial charge in [0.1, 0.15) is 17.9 Å². The molecule has 4 rings (SSSR count). The van der Waals surface area contributed by atoms with Crippen LogP contribution in [0.25, 0.3) is 0 Å². The third kappa shape index (κ3) is 3.37. The normalized spacial score (nSPS) is 25.9. The third-order valence-corrected chi connectivity index (χ3v) is 7.96. The Morgan fingerprint density at radius 3 is 2.50 bits per heavy atom. The molecule has 0 saturated heterocycles. The highest BCUT2D eigenvalue weighted by molar-refractivity contribution is 9.10. The molecule has 2 aromatic carbocycles. The summed E-state index contributed by atoms with van der Waals surface area (Å²) in [5.41, 5.74) is 2.30. The van der Waals surface area contributed by atoms with Crippen LogP contribution in [0.3, 0.4) is 0 Å². The maximum atomic E-state index is 13.0. The molecule has 0 radical (unpaired) electrons. The van der Waals surface area contributed by atoms with Crippen molar-refractivity contribution in [2.75, 3.05) is 0 Å². The lowest BCUT2D eigenvalue weighted by Crippen LogP contribution is -2.66. The van der Waals surface area contributed by atoms with Crippen molar-refractivity contribution in [3.63, 3.8) is 0 Å². The number of nitriles is 1. The van der Waals surface area contributed by atoms with E-state index in [0.29, 0.717) is 22.3 Å². The molecule has 0 bridgehead atoms. The summed E-state index contributed by atoms with van der Waals surface area (Å²) in [5.74, 6) is 1.34. The number of halogens is 2. The molecule has 0 spiro atoms. The summed E-state index contributed by atoms with van der Waals surface area (Å²) >= 11 is 9.70. The van der Waals surface area contributed by atoms with E-state index in [1.807, 2.05) is 12.1 Å². The quantitative estimate of drug-likeness (QED) is 0.475. The van der Waals surface area contributed by atoms with Gasteiger partial charge >= 0.3 is 0 Å². The molecule has 2 aliphatic rings. The number of fused-ring (bicyclic) bond motifs is 1. The minimum Gasteiger partial charge on any atom is -0.489 e. The average molecular weight is 487 g/mol. The van der Waals surface area contributed by atoms with Crippen LogP contribution in [0.2, 0.25) is 5.02 Å². The predicted molar refractivity (Wildman–Crippen MR) is 122 cm³/mol. The zero-order chi connectivity index (χ0) is 21.8. The second kappa shape index (κ2) is 7.39. The molecule has 0 heterocycles. The zero-order valence-electron chi connectivity index (χ0n) is 17.6. The smallest absolute Gasteiger partial charge is 0.166 e. The Morgan fingerprint density at radius 1 is 1.17 bits per heavy atom. The summed E-state index contributed by atoms with van der Waals surface area (Å²) in [5, 5.41) is 9.49. The lowest BCUT2D eigenvalue weighted by molar-refractivity contribution is -0.203. The maximum Gasteiger partial charge on any atom is 0.166 e. The van der Waals surface area contributed by atoms with Crippen molar-refractivity contribution in [1.29, 1.82) is 5.26 Å². The van der Waals surface area contributed by atoms with E-state index in [9.17, 15) is 4.79 Å². The third-order valence-electron chi connectivity index (χ3n) is 7.15. The number of rotatable bonds is 4. The Labute approximate surface area is 191 Å². The van der Waals surface area contributed by atoms with Crippen LogP contribution in [0.5, 0.6) is 5.75 Å². The molecule has 0 aliphatic heterocycles. The Hall–Kier alpha value is -1.83. The van der Waals surface area contributed by atoms with Crippen molar-refractivity contribution >= 4 is 33.3 Å². The van der Waals surface area contributed by atoms with E-state index in [-0.39, 0.29) is 28.6 Å². The Balaban J connectivity index is 1.51. The van der Waals surface area contributed by atoms with Gasteiger partial charge in [-0.1, -0.05) is 61.3 Å². The van der Waals surface area contributed by atoms with Crippen LogP contribution >= 0.6 is 27.5 Å². The summed E-state index contributed by atoms with van der Waals surface area (Å²) in [7, 11) is 0. The predicted octanol–water partition coefficient (Wildman–Crippen LogP) is 6.85. The molecular formula is C25H25BrClNO2. The van der Waals surface area contributed by atoms with Crippen LogP contribution in [-0.4, -0.2) is 11.9 Å². The molecule has 1 fully saturated rings. The van der Waals surface area contributed by atoms with Gasteiger partial charge in [-0.25, -0.2) is 0 Å². The molecular weight excluding hydrogens is 462 g/mol. The fourth-order valence-electron chi connectivity index (χ4n) is 5.92. The average Bonchev–Trinajstić information content (AvgIpc) is 2.98. The topological polar surface area (TPSA) is 50.1 Å². The molecule has 1 atom stereocenters. The molecule has 0 amide bonds. The van der Waals surface area contributed by atoms with Gasteiger partial charge in [0.2, 0.25) is 0 Å². The number of benzene rings is 2. The van der Waals surface area contributed by atoms with Crippen molar-refractivity contribution in [3.05, 3.63) is 62.6 Å². The molecule has 2 aliphatic carbocycles. The summed E-state index contributed by atoms with van der Waals surface area (Å²) in [6.45, 7) is 8.90. The lowest BCUT2D eigenvalue weighted by Gasteiger charge is -2.64. The second-order valence-electron chi connectivity index (χ2n) is 9.75. The van der Waals surface area contributed by atoms with Gasteiger partial charge in [-0.15, -0.1) is 0 Å². The van der Waals surface area contributed by atoms with E-state index in [2.05, 4.69) is 55.8 Å². The first-order valence-electron chi connectivity index (χ1n) is 10.2. The highest BCUT2D eigenvalue weighted by Gasteiger charge is 2.63. The monoisotopic (exact) mass is 485 g/mol. The second-order valence-corrected chi connectivity index (χ2v) is 11.1. The molecule has 30 heavy (non-hydrogen) atoms. The van der Waals surface area contributed by atoms with Gasteiger partial charge in [0.05, 0.1) is 10.6 Å². The van der Waals surface area contributed by atoms with E-state index in [1.165, 1.54) is 0 Å². The molecule has 3 nitrogen and oxygen atoms in total. The maximum absolute atomic E-state index is 13.0. The SMILES string of the molecule is CC1(C)[C@H](CC2Cc3cc(Br)ccc3C2=O)C(C)(C)[C@H]1Oc1ccc(C#N)c(Cl)c1. The van der Waals surface area contributed by atoms with Crippen molar-refractivity contribution in [3.8, 4) is 11.8 Å². The standard InChI is InChI=1S/C25H25BrClNO2/c1-24(2)21(11-16-9-15-10-17(26)6-8-19(15)22(16)29)25(3,4)23(24)30-18-7-5-14(13-28)20(27)12-18/h5-8,10,12,16,21,23H,9,11H2,1-4H3/t16?,21-,23-. The first-order chi connectivity index (χ1) is 14.1. The highest BCUT2D eigenvalue weighted by atomic mass is 79.9. The number of ketones is 1. The number of Topliss-reactive ketones (excluding diaryl/α,β-unsaturated/α-hetero) is 1. The van der Waals surface area contributed by atoms with Crippen molar-refractivity contribution in [1.82, 2.24) is 0 Å². The number of hydrogen-bond acceptors (Lipinski definition) is 3. The van der Waals surface area contributed by atoms with Gasteiger partial charge in [-0.2, -0.15) is 5.26 Å². The first kappa shape index (κ1) is 21.4. The number of carbonyl (C=O) groups is 1. The summed E-state index contributed by atoms with van der Waals surface area (Å²) in [6.07, 6.45) is 1.67. The number of carbonyl (C=O) groups excluding carboxylic acids is 1. The fraction of sp³-hybridized carbons (Fsp3) is 0.440. The largest absolute Gasteiger partial charge is 0.489 e. The Bertz CT molecular complexity index is 1050. The molecule has 0 aromatic heterocycles. The minimum absolute atomic E-state index is 0.00738. The van der Waals surface area contributed by atoms with Crippen LogP contribution in [-0.2, 0) is 6.42 Å². The van der Waals surface area contributed by atoms with Crippen LogP contribution in [0.4, 0.5) is 0 Å². The molecule has 0 N–H and O–H groups in total. The van der Waals surface area contributed by atoms with Gasteiger partial charge in [-0.05, 0) is 48.6 Å². The van der Waals surface area contributed by atoms with E-state index in [0.717, 1.165) is 28.4 Å². The van der Waals surface area contributed by atoms with E-state index in [4.69, 9.17) is 21.6 Å². The van der Waals surface area contributed by atoms with Crippen LogP contribution < -0.4 is 4.74 Å². The summed E-state index contributed by atoms with van der Waals surface area (Å²) in [4.78, 5) is 13.0. The number of nitrogens with zero attached hydrogens (tertiary/aromatic N) is 1. The minimum atomic E-state index is -0.0838. The van der Waals surface area contributed by atoms with Crippen molar-refractivity contribution < 1.29 is 9.53 Å². The van der Waals surface area contributed by atoms with Gasteiger partial charge in [-0.3, -0.25) is 4.79 Å². The van der Waals surface area contributed by atoms with Gasteiger partial charge < -0.3 is 4.74 Å². The molecule has 5 heteroatoms. The Kier molecular flexibility index (Phi) is 5.27. The summed E-state index contributed by atoms with van der Waals surface area (Å²) in [6, 6.07) is 13.3. The van der Waals surface area contributed by atoms with Gasteiger partial charge in [0.25, 0.3) is 0 Å². The summed E-state index contributed by atoms with van der Waals surface area (Å²) < 4.78 is 7.40. The van der Waals surface area contributed by atoms with E-state index < -0.39 is 0 Å². The fourth-order valence-corrected chi connectivity index (χ4v) is 6.54. The van der Waals surface area contributed by atoms with Crippen molar-refractivity contribution in [2.24, 2.45) is 22.7 Å². The number of ether oxygens (including phenoxy) is 1. The molecule has 2 aromatic rings. The van der Waals surface area contributed by atoms with Gasteiger partial charge in [0.15, 0.2) is 5.78 Å². The van der Waals surface area contributed by atoms with Crippen LogP contribution in [0, 0.1) is 34.0 Å². The molecule has 156 valence electrons. The number of hydrogen-bond donors (Lipinski definition) is 0. The lowest BCUT2D eigenvalue weighted by atomic mass is 9.44. The van der Waals surface area contributed by atoms with E-state index >= 15 is 0 Å². The van der Waals surface area contributed by atoms with Crippen LogP contribution in [0.1, 0.15) is 55.6 Å². The molecule has 1 unspecified atom stereocenters. The first-order valence-corrected chi connectivity index (χ1v) is 11.4. The Morgan fingerprint density at radius 2 is 1.87 bits per heavy atom. The zero-order valence-corrected chi connectivity index (χ0v) is 20.0. The van der Waals surface area contributed by atoms with E-state index in [1.54, 1.807) is 18.2 Å². The molecule has 1 saturated carbocycles. The van der Waals surface area contributed by atoms with Crippen LogP contribution in [0.15, 0.2) is 40.9 Å². The van der Waals surface area contributed by atoms with Crippen molar-refractivity contribution in [2.45, 2.75) is 46.6 Å². The highest BCUT2D eigenvalue weighted by Crippen LogP contribution is 2.62.